The van der Waals surface area contributed by atoms with E-state index in [1.165, 1.54) is 59.4 Å². The van der Waals surface area contributed by atoms with Gasteiger partial charge in [-0.1, -0.05) is 61.0 Å². The summed E-state index contributed by atoms with van der Waals surface area (Å²) in [6.07, 6.45) is 11.2. The van der Waals surface area contributed by atoms with Gasteiger partial charge < -0.3 is 10.6 Å². The average Bonchev–Trinajstić information content (AvgIpc) is 3.55. The Hall–Kier alpha value is -2.65. The van der Waals surface area contributed by atoms with E-state index in [0.29, 0.717) is 29.6 Å². The van der Waals surface area contributed by atoms with Crippen LogP contribution < -0.4 is 10.6 Å². The number of nitrogens with zero attached hydrogens (tertiary/aromatic N) is 4. The smallest absolute Gasteiger partial charge is 0.115 e. The Morgan fingerprint density at radius 2 is 1.93 bits per heavy atom. The molecular formula is C39H62FN5. The van der Waals surface area contributed by atoms with Crippen molar-refractivity contribution >= 4 is 11.4 Å². The maximum absolute atomic E-state index is 12.8. The Balaban J connectivity index is 0.000000382. The van der Waals surface area contributed by atoms with E-state index in [1.54, 1.807) is 0 Å². The highest BCUT2D eigenvalue weighted by Crippen LogP contribution is 2.42. The molecule has 2 saturated heterocycles. The summed E-state index contributed by atoms with van der Waals surface area (Å²) in [5, 5.41) is 9.99. The van der Waals surface area contributed by atoms with Crippen LogP contribution in [0.25, 0.3) is 0 Å². The van der Waals surface area contributed by atoms with Crippen molar-refractivity contribution in [3.8, 4) is 6.07 Å². The molecule has 2 aliphatic heterocycles. The topological polar surface area (TPSA) is 69.2 Å². The minimum Gasteiger partial charge on any atom is -0.398 e. The van der Waals surface area contributed by atoms with E-state index in [2.05, 4.69) is 69.5 Å². The first kappa shape index (κ1) is 36.8. The lowest BCUT2D eigenvalue weighted by Gasteiger charge is -2.33. The highest BCUT2D eigenvalue weighted by atomic mass is 19.1. The number of hydrogen-bond acceptors (Lipinski definition) is 5. The summed E-state index contributed by atoms with van der Waals surface area (Å²) in [7, 11) is 0. The van der Waals surface area contributed by atoms with Gasteiger partial charge >= 0.3 is 0 Å². The Morgan fingerprint density at radius 1 is 1.18 bits per heavy atom. The molecule has 2 N–H and O–H groups in total. The molecule has 3 unspecified atom stereocenters. The first-order chi connectivity index (χ1) is 21.7. The standard InChI is InChI=1S/C29H42N4.C8H14FN.C2H6/c1-6-10-16-33(15-7-2)28-18-22(9-4)32-27-17-21(11-12-24(27)28)29-23(20(5)8-3)13-14-26(31)25(29)19-30;1-8-3-2-4-10(8)6-7(9)5-8;1-2/h13-14,18,20-21H,6-12,15-17,31H2,1-5H3;7H,2-6H2,1H3;1-2H3/t20-,21?;;/m0../s1. The molecule has 3 heterocycles. The SMILES string of the molecule is CC.CC12CCCN1CC(F)C2.CCCCN(CCC)c1cc(CC)nc2c1CCC(c1c([C@@H](C)CC)ccc(N)c1C#N)C2. The summed E-state index contributed by atoms with van der Waals surface area (Å²) in [6, 6.07) is 8.86. The fraction of sp³-hybridized carbons (Fsp3) is 0.692. The number of alkyl halides is 1. The van der Waals surface area contributed by atoms with E-state index in [0.717, 1.165) is 64.6 Å². The summed E-state index contributed by atoms with van der Waals surface area (Å²) in [5.74, 6) is 0.705. The van der Waals surface area contributed by atoms with Crippen molar-refractivity contribution in [1.29, 1.82) is 5.26 Å². The van der Waals surface area contributed by atoms with Crippen LogP contribution in [0.1, 0.15) is 152 Å². The van der Waals surface area contributed by atoms with Crippen LogP contribution in [0, 0.1) is 11.3 Å². The number of benzene rings is 1. The zero-order valence-corrected chi connectivity index (χ0v) is 29.8. The number of fused-ring (bicyclic) bond motifs is 2. The van der Waals surface area contributed by atoms with Gasteiger partial charge in [0.15, 0.2) is 0 Å². The zero-order chi connectivity index (χ0) is 33.1. The molecule has 1 aliphatic carbocycles. The van der Waals surface area contributed by atoms with Crippen LogP contribution in [0.3, 0.4) is 0 Å². The molecule has 2 aromatic rings. The van der Waals surface area contributed by atoms with E-state index in [1.807, 2.05) is 19.9 Å². The minimum absolute atomic E-state index is 0.236. The normalized spacial score (nSPS) is 22.7. The van der Waals surface area contributed by atoms with Crippen molar-refractivity contribution in [1.82, 2.24) is 9.88 Å². The number of hydrogen-bond donors (Lipinski definition) is 1. The fourth-order valence-corrected chi connectivity index (χ4v) is 7.71. The maximum atomic E-state index is 12.8. The lowest BCUT2D eigenvalue weighted by atomic mass is 9.76. The average molecular weight is 620 g/mol. The van der Waals surface area contributed by atoms with Crippen molar-refractivity contribution in [3.63, 3.8) is 0 Å². The Morgan fingerprint density at radius 3 is 2.56 bits per heavy atom. The lowest BCUT2D eigenvalue weighted by Crippen LogP contribution is -2.34. The van der Waals surface area contributed by atoms with Gasteiger partial charge in [0.1, 0.15) is 12.2 Å². The summed E-state index contributed by atoms with van der Waals surface area (Å²) < 4.78 is 12.8. The molecule has 45 heavy (non-hydrogen) atoms. The molecule has 5 nitrogen and oxygen atoms in total. The predicted octanol–water partition coefficient (Wildman–Crippen LogP) is 9.51. The second-order valence-corrected chi connectivity index (χ2v) is 13.5. The molecule has 250 valence electrons. The number of aromatic nitrogens is 1. The quantitative estimate of drug-likeness (QED) is 0.268. The van der Waals surface area contributed by atoms with Gasteiger partial charge in [-0.2, -0.15) is 5.26 Å². The van der Waals surface area contributed by atoms with E-state index in [-0.39, 0.29) is 5.54 Å². The summed E-state index contributed by atoms with van der Waals surface area (Å²) >= 11 is 0. The van der Waals surface area contributed by atoms with Crippen molar-refractivity contribution in [2.75, 3.05) is 36.8 Å². The Bertz CT molecular complexity index is 1270. The molecule has 4 atom stereocenters. The molecule has 3 aliphatic rings. The van der Waals surface area contributed by atoms with Gasteiger partial charge in [0.2, 0.25) is 0 Å². The third kappa shape index (κ3) is 8.59. The zero-order valence-electron chi connectivity index (χ0n) is 29.8. The van der Waals surface area contributed by atoms with Gasteiger partial charge in [-0.05, 0) is 118 Å². The highest BCUT2D eigenvalue weighted by Gasteiger charge is 2.44. The number of nitrogens with two attached hydrogens (primary N) is 1. The van der Waals surface area contributed by atoms with Gasteiger partial charge in [0.25, 0.3) is 0 Å². The van der Waals surface area contributed by atoms with Crippen LogP contribution >= 0.6 is 0 Å². The van der Waals surface area contributed by atoms with Crippen LogP contribution in [0.5, 0.6) is 0 Å². The van der Waals surface area contributed by atoms with Crippen molar-refractivity contribution in [2.24, 2.45) is 0 Å². The van der Waals surface area contributed by atoms with Crippen LogP contribution in [-0.2, 0) is 19.3 Å². The summed E-state index contributed by atoms with van der Waals surface area (Å²) in [6.45, 7) is 21.4. The molecule has 1 aromatic carbocycles. The molecule has 2 fully saturated rings. The highest BCUT2D eigenvalue weighted by molar-refractivity contribution is 5.63. The lowest BCUT2D eigenvalue weighted by molar-refractivity contribution is 0.217. The molecule has 0 bridgehead atoms. The predicted molar refractivity (Wildman–Crippen MR) is 190 cm³/mol. The number of aryl methyl sites for hydroxylation is 1. The minimum atomic E-state index is -0.551. The molecule has 5 rings (SSSR count). The van der Waals surface area contributed by atoms with Gasteiger partial charge in [-0.3, -0.25) is 9.88 Å². The Labute approximate surface area is 274 Å². The van der Waals surface area contributed by atoms with Crippen molar-refractivity contribution in [2.45, 2.75) is 150 Å². The second-order valence-electron chi connectivity index (χ2n) is 13.5. The van der Waals surface area contributed by atoms with Crippen molar-refractivity contribution in [3.05, 3.63) is 51.8 Å². The molecule has 0 saturated carbocycles. The first-order valence-corrected chi connectivity index (χ1v) is 18.2. The number of halogens is 1. The molecule has 0 spiro atoms. The molecule has 1 aromatic heterocycles. The van der Waals surface area contributed by atoms with Crippen LogP contribution in [0.2, 0.25) is 0 Å². The van der Waals surface area contributed by atoms with Gasteiger partial charge in [0.05, 0.1) is 5.56 Å². The summed E-state index contributed by atoms with van der Waals surface area (Å²) in [4.78, 5) is 10.0. The largest absolute Gasteiger partial charge is 0.398 e. The fourth-order valence-electron chi connectivity index (χ4n) is 7.71. The molecule has 0 amide bonds. The number of pyridine rings is 1. The first-order valence-electron chi connectivity index (χ1n) is 18.2. The van der Waals surface area contributed by atoms with E-state index < -0.39 is 6.17 Å². The third-order valence-electron chi connectivity index (χ3n) is 10.4. The number of unbranched alkanes of at least 4 members (excludes halogenated alkanes) is 1. The maximum Gasteiger partial charge on any atom is 0.115 e. The van der Waals surface area contributed by atoms with Crippen molar-refractivity contribution < 1.29 is 4.39 Å². The number of rotatable bonds is 10. The Kier molecular flexibility index (Phi) is 14.2. The molecule has 0 radical (unpaired) electrons. The van der Waals surface area contributed by atoms with Crippen LogP contribution in [0.15, 0.2) is 18.2 Å². The number of anilines is 2. The summed E-state index contributed by atoms with van der Waals surface area (Å²) in [5.41, 5.74) is 15.5. The van der Waals surface area contributed by atoms with E-state index in [9.17, 15) is 9.65 Å². The van der Waals surface area contributed by atoms with Crippen LogP contribution in [0.4, 0.5) is 15.8 Å². The third-order valence-corrected chi connectivity index (χ3v) is 10.4. The molecule has 6 heteroatoms. The van der Waals surface area contributed by atoms with Gasteiger partial charge in [0, 0.05) is 47.9 Å². The van der Waals surface area contributed by atoms with Gasteiger partial charge in [-0.15, -0.1) is 0 Å². The molecular weight excluding hydrogens is 557 g/mol. The number of nitriles is 1. The number of nitrogen functional groups attached to an aromatic ring is 1. The van der Waals surface area contributed by atoms with E-state index >= 15 is 0 Å². The van der Waals surface area contributed by atoms with E-state index in [4.69, 9.17) is 10.7 Å². The van der Waals surface area contributed by atoms with Crippen LogP contribution in [-0.4, -0.2) is 47.8 Å². The monoisotopic (exact) mass is 619 g/mol. The second kappa shape index (κ2) is 17.3. The van der Waals surface area contributed by atoms with Gasteiger partial charge in [-0.25, -0.2) is 4.39 Å².